The van der Waals surface area contributed by atoms with Crippen LogP contribution in [0.1, 0.15) is 5.56 Å². The minimum Gasteiger partial charge on any atom is -0.377 e. The summed E-state index contributed by atoms with van der Waals surface area (Å²) < 4.78 is 0. The molecular weight excluding hydrogens is 162 g/mol. The summed E-state index contributed by atoms with van der Waals surface area (Å²) in [6, 6.07) is 8.37. The van der Waals surface area contributed by atoms with Crippen LogP contribution in [0.5, 0.6) is 0 Å². The van der Waals surface area contributed by atoms with Gasteiger partial charge in [0.2, 0.25) is 0 Å². The molecule has 0 atom stereocenters. The van der Waals surface area contributed by atoms with Crippen LogP contribution in [-0.4, -0.2) is 24.3 Å². The van der Waals surface area contributed by atoms with Gasteiger partial charge >= 0.3 is 0 Å². The van der Waals surface area contributed by atoms with Crippen LogP contribution in [-0.2, 0) is 0 Å². The SMILES string of the molecule is C=C([SiH3])c1ccccc1N(C)C. The maximum Gasteiger partial charge on any atom is 0.0432 e. The molecule has 0 aliphatic heterocycles. The molecule has 0 fully saturated rings. The fraction of sp³-hybridized carbons (Fsp3) is 0.200. The minimum absolute atomic E-state index is 1.03. The molecule has 64 valence electrons. The van der Waals surface area contributed by atoms with Crippen LogP contribution in [0.15, 0.2) is 30.8 Å². The van der Waals surface area contributed by atoms with Crippen LogP contribution >= 0.6 is 0 Å². The number of para-hydroxylation sites is 1. The Labute approximate surface area is 77.1 Å². The highest BCUT2D eigenvalue weighted by Gasteiger charge is 2.02. The van der Waals surface area contributed by atoms with Crippen molar-refractivity contribution in [2.24, 2.45) is 0 Å². The molecule has 0 unspecified atom stereocenters. The first-order valence-electron chi connectivity index (χ1n) is 4.05. The third kappa shape index (κ3) is 1.77. The molecule has 1 aromatic rings. The predicted molar refractivity (Wildman–Crippen MR) is 59.7 cm³/mol. The van der Waals surface area contributed by atoms with Crippen molar-refractivity contribution in [2.45, 2.75) is 0 Å². The molecule has 1 nitrogen and oxygen atoms in total. The molecular formula is C10H15NSi. The van der Waals surface area contributed by atoms with E-state index < -0.39 is 0 Å². The van der Waals surface area contributed by atoms with Gasteiger partial charge in [0.1, 0.15) is 0 Å². The van der Waals surface area contributed by atoms with E-state index in [2.05, 4.69) is 49.8 Å². The van der Waals surface area contributed by atoms with Crippen molar-refractivity contribution in [1.29, 1.82) is 0 Å². The second kappa shape index (κ2) is 3.58. The van der Waals surface area contributed by atoms with Gasteiger partial charge in [-0.1, -0.05) is 23.4 Å². The van der Waals surface area contributed by atoms with E-state index in [1.165, 1.54) is 16.4 Å². The molecule has 0 N–H and O–H groups in total. The summed E-state index contributed by atoms with van der Waals surface area (Å²) >= 11 is 0. The van der Waals surface area contributed by atoms with E-state index in [4.69, 9.17) is 0 Å². The zero-order chi connectivity index (χ0) is 9.14. The van der Waals surface area contributed by atoms with Gasteiger partial charge in [0.25, 0.3) is 0 Å². The highest BCUT2D eigenvalue weighted by atomic mass is 28.1. The molecule has 0 radical (unpaired) electrons. The van der Waals surface area contributed by atoms with Gasteiger partial charge in [0.05, 0.1) is 0 Å². The molecule has 12 heavy (non-hydrogen) atoms. The lowest BCUT2D eigenvalue weighted by Gasteiger charge is -2.17. The first-order chi connectivity index (χ1) is 5.63. The van der Waals surface area contributed by atoms with Gasteiger partial charge in [0.15, 0.2) is 0 Å². The van der Waals surface area contributed by atoms with Crippen LogP contribution < -0.4 is 4.90 Å². The zero-order valence-corrected chi connectivity index (χ0v) is 9.96. The zero-order valence-electron chi connectivity index (χ0n) is 7.96. The van der Waals surface area contributed by atoms with E-state index >= 15 is 0 Å². The largest absolute Gasteiger partial charge is 0.377 e. The molecule has 0 saturated carbocycles. The van der Waals surface area contributed by atoms with Crippen molar-refractivity contribution in [2.75, 3.05) is 19.0 Å². The van der Waals surface area contributed by atoms with E-state index in [-0.39, 0.29) is 0 Å². The summed E-state index contributed by atoms with van der Waals surface area (Å²) in [5.41, 5.74) is 2.55. The Hall–Kier alpha value is -1.02. The first kappa shape index (κ1) is 9.07. The Kier molecular flexibility index (Phi) is 2.71. The number of rotatable bonds is 2. The van der Waals surface area contributed by atoms with E-state index in [0.29, 0.717) is 0 Å². The van der Waals surface area contributed by atoms with Gasteiger partial charge in [-0.15, -0.1) is 6.58 Å². The number of hydrogen-bond acceptors (Lipinski definition) is 1. The fourth-order valence-electron chi connectivity index (χ4n) is 1.22. The lowest BCUT2D eigenvalue weighted by molar-refractivity contribution is 1.13. The van der Waals surface area contributed by atoms with Gasteiger partial charge in [-0.05, 0) is 11.6 Å². The predicted octanol–water partition coefficient (Wildman–Crippen LogP) is 1.09. The van der Waals surface area contributed by atoms with Crippen LogP contribution in [0, 0.1) is 0 Å². The Morgan fingerprint density at radius 3 is 2.33 bits per heavy atom. The highest BCUT2D eigenvalue weighted by molar-refractivity contribution is 6.42. The van der Waals surface area contributed by atoms with Crippen molar-refractivity contribution in [3.05, 3.63) is 36.4 Å². The molecule has 0 heterocycles. The van der Waals surface area contributed by atoms with Gasteiger partial charge in [-0.3, -0.25) is 0 Å². The number of hydrogen-bond donors (Lipinski definition) is 0. The number of benzene rings is 1. The van der Waals surface area contributed by atoms with Crippen molar-refractivity contribution in [1.82, 2.24) is 0 Å². The highest BCUT2D eigenvalue weighted by Crippen LogP contribution is 2.22. The van der Waals surface area contributed by atoms with E-state index in [0.717, 1.165) is 10.2 Å². The van der Waals surface area contributed by atoms with Gasteiger partial charge in [-0.25, -0.2) is 0 Å². The standard InChI is InChI=1S/C10H15NSi/c1-8(12)9-6-4-5-7-10(9)11(2)3/h4-7H,1H2,2-3,12H3. The summed E-state index contributed by atoms with van der Waals surface area (Å²) in [6.07, 6.45) is 0. The fourth-order valence-corrected chi connectivity index (χ4v) is 1.65. The molecule has 2 heteroatoms. The monoisotopic (exact) mass is 177 g/mol. The van der Waals surface area contributed by atoms with Crippen LogP contribution in [0.25, 0.3) is 5.20 Å². The Bertz CT molecular complexity index is 292. The Balaban J connectivity index is 3.17. The van der Waals surface area contributed by atoms with Crippen molar-refractivity contribution < 1.29 is 0 Å². The molecule has 1 rings (SSSR count). The summed E-state index contributed by atoms with van der Waals surface area (Å²) in [7, 11) is 5.15. The normalized spacial score (nSPS) is 9.83. The number of nitrogens with zero attached hydrogens (tertiary/aromatic N) is 1. The average molecular weight is 177 g/mol. The van der Waals surface area contributed by atoms with Gasteiger partial charge < -0.3 is 4.90 Å². The molecule has 0 amide bonds. The molecule has 0 bridgehead atoms. The average Bonchev–Trinajstić information content (AvgIpc) is 2.04. The van der Waals surface area contributed by atoms with Crippen molar-refractivity contribution in [3.8, 4) is 0 Å². The van der Waals surface area contributed by atoms with E-state index in [1.54, 1.807) is 0 Å². The topological polar surface area (TPSA) is 3.24 Å². The minimum atomic E-state index is 1.03. The lowest BCUT2D eigenvalue weighted by Crippen LogP contribution is -2.10. The van der Waals surface area contributed by atoms with Crippen molar-refractivity contribution >= 4 is 21.1 Å². The van der Waals surface area contributed by atoms with Gasteiger partial charge in [-0.2, -0.15) is 0 Å². The summed E-state index contributed by atoms with van der Waals surface area (Å²) in [4.78, 5) is 2.12. The van der Waals surface area contributed by atoms with Crippen LogP contribution in [0.2, 0.25) is 0 Å². The van der Waals surface area contributed by atoms with Gasteiger partial charge in [0, 0.05) is 30.0 Å². The second-order valence-electron chi connectivity index (χ2n) is 3.19. The van der Waals surface area contributed by atoms with E-state index in [1.807, 2.05) is 0 Å². The number of anilines is 1. The maximum atomic E-state index is 4.00. The van der Waals surface area contributed by atoms with Crippen LogP contribution in [0.4, 0.5) is 5.69 Å². The maximum absolute atomic E-state index is 4.00. The third-order valence-electron chi connectivity index (χ3n) is 1.85. The molecule has 0 aliphatic carbocycles. The Morgan fingerprint density at radius 1 is 1.33 bits per heavy atom. The van der Waals surface area contributed by atoms with Crippen molar-refractivity contribution in [3.63, 3.8) is 0 Å². The molecule has 0 saturated heterocycles. The molecule has 0 aromatic heterocycles. The molecule has 1 aromatic carbocycles. The summed E-state index contributed by atoms with van der Waals surface area (Å²) in [5.74, 6) is 0. The van der Waals surface area contributed by atoms with Crippen LogP contribution in [0.3, 0.4) is 0 Å². The Morgan fingerprint density at radius 2 is 1.92 bits per heavy atom. The molecule has 0 aliphatic rings. The summed E-state index contributed by atoms with van der Waals surface area (Å²) in [6.45, 7) is 4.00. The smallest absolute Gasteiger partial charge is 0.0432 e. The van der Waals surface area contributed by atoms with E-state index in [9.17, 15) is 0 Å². The second-order valence-corrected chi connectivity index (χ2v) is 4.40. The quantitative estimate of drug-likeness (QED) is 0.611. The third-order valence-corrected chi connectivity index (χ3v) is 2.38. The first-order valence-corrected chi connectivity index (χ1v) is 5.05. The summed E-state index contributed by atoms with van der Waals surface area (Å²) in [5, 5.41) is 1.25. The lowest BCUT2D eigenvalue weighted by atomic mass is 10.1. The molecule has 0 spiro atoms.